The zero-order valence-electron chi connectivity index (χ0n) is 13.0. The molecule has 0 aliphatic heterocycles. The minimum absolute atomic E-state index is 0.559. The topological polar surface area (TPSA) is 54.9 Å². The van der Waals surface area contributed by atoms with Crippen molar-refractivity contribution in [3.05, 3.63) is 18.2 Å². The van der Waals surface area contributed by atoms with Crippen LogP contribution in [0.25, 0.3) is 0 Å². The Morgan fingerprint density at radius 1 is 1.30 bits per heavy atom. The molecular weight excluding hydrogens is 254 g/mol. The first-order chi connectivity index (χ1) is 9.60. The van der Waals surface area contributed by atoms with Gasteiger partial charge < -0.3 is 20.1 Å². The first-order valence-corrected chi connectivity index (χ1v) is 6.89. The van der Waals surface area contributed by atoms with Gasteiger partial charge in [0, 0.05) is 25.3 Å². The SMILES string of the molecule is CCOc1ccc(NC(=NC)NCC(C)C)cc1OC. The standard InChI is InChI=1S/C15H25N3O2/c1-6-20-13-8-7-12(9-14(13)19-5)18-15(16-4)17-10-11(2)3/h7-9,11H,6,10H2,1-5H3,(H2,16,17,18). The molecule has 0 spiro atoms. The summed E-state index contributed by atoms with van der Waals surface area (Å²) < 4.78 is 10.8. The molecule has 0 radical (unpaired) electrons. The highest BCUT2D eigenvalue weighted by atomic mass is 16.5. The smallest absolute Gasteiger partial charge is 0.195 e. The van der Waals surface area contributed by atoms with Crippen LogP contribution in [0.3, 0.4) is 0 Å². The number of anilines is 1. The zero-order chi connectivity index (χ0) is 15.0. The molecule has 112 valence electrons. The second-order valence-electron chi connectivity index (χ2n) is 4.77. The lowest BCUT2D eigenvalue weighted by atomic mass is 10.2. The normalized spacial score (nSPS) is 11.4. The molecule has 0 atom stereocenters. The van der Waals surface area contributed by atoms with Crippen molar-refractivity contribution in [1.29, 1.82) is 0 Å². The van der Waals surface area contributed by atoms with Gasteiger partial charge in [-0.2, -0.15) is 0 Å². The minimum atomic E-state index is 0.559. The van der Waals surface area contributed by atoms with Crippen LogP contribution in [0.2, 0.25) is 0 Å². The Morgan fingerprint density at radius 3 is 2.60 bits per heavy atom. The van der Waals surface area contributed by atoms with Gasteiger partial charge in [0.05, 0.1) is 13.7 Å². The number of nitrogens with zero attached hydrogens (tertiary/aromatic N) is 1. The van der Waals surface area contributed by atoms with Gasteiger partial charge in [-0.15, -0.1) is 0 Å². The quantitative estimate of drug-likeness (QED) is 0.621. The summed E-state index contributed by atoms with van der Waals surface area (Å²) in [5.74, 6) is 2.75. The lowest BCUT2D eigenvalue weighted by Crippen LogP contribution is -2.33. The van der Waals surface area contributed by atoms with Gasteiger partial charge in [-0.05, 0) is 25.0 Å². The molecule has 5 heteroatoms. The molecule has 0 unspecified atom stereocenters. The van der Waals surface area contributed by atoms with Crippen molar-refractivity contribution in [3.63, 3.8) is 0 Å². The molecule has 0 saturated carbocycles. The van der Waals surface area contributed by atoms with E-state index in [2.05, 4.69) is 29.5 Å². The Morgan fingerprint density at radius 2 is 2.05 bits per heavy atom. The third-order valence-electron chi connectivity index (χ3n) is 2.63. The van der Waals surface area contributed by atoms with Crippen LogP contribution < -0.4 is 20.1 Å². The second kappa shape index (κ2) is 8.30. The molecule has 0 bridgehead atoms. The van der Waals surface area contributed by atoms with Crippen LogP contribution in [-0.2, 0) is 0 Å². The van der Waals surface area contributed by atoms with Crippen molar-refractivity contribution in [2.45, 2.75) is 20.8 Å². The van der Waals surface area contributed by atoms with E-state index in [0.29, 0.717) is 18.3 Å². The molecular formula is C15H25N3O2. The van der Waals surface area contributed by atoms with Gasteiger partial charge in [0.25, 0.3) is 0 Å². The van der Waals surface area contributed by atoms with E-state index in [0.717, 1.165) is 23.9 Å². The molecule has 20 heavy (non-hydrogen) atoms. The molecule has 0 heterocycles. The Balaban J connectivity index is 2.76. The number of rotatable bonds is 6. The van der Waals surface area contributed by atoms with Crippen molar-refractivity contribution in [3.8, 4) is 11.5 Å². The molecule has 0 saturated heterocycles. The van der Waals surface area contributed by atoms with Gasteiger partial charge in [-0.3, -0.25) is 4.99 Å². The van der Waals surface area contributed by atoms with E-state index in [4.69, 9.17) is 9.47 Å². The molecule has 0 fully saturated rings. The van der Waals surface area contributed by atoms with Crippen LogP contribution in [0, 0.1) is 5.92 Å². The molecule has 0 aromatic heterocycles. The van der Waals surface area contributed by atoms with Crippen molar-refractivity contribution in [1.82, 2.24) is 5.32 Å². The first-order valence-electron chi connectivity index (χ1n) is 6.89. The third kappa shape index (κ3) is 4.99. The van der Waals surface area contributed by atoms with Crippen LogP contribution in [0.1, 0.15) is 20.8 Å². The van der Waals surface area contributed by atoms with Crippen LogP contribution >= 0.6 is 0 Å². The number of hydrogen-bond acceptors (Lipinski definition) is 3. The van der Waals surface area contributed by atoms with Crippen LogP contribution in [0.5, 0.6) is 11.5 Å². The van der Waals surface area contributed by atoms with Gasteiger partial charge >= 0.3 is 0 Å². The van der Waals surface area contributed by atoms with E-state index in [-0.39, 0.29) is 0 Å². The van der Waals surface area contributed by atoms with Crippen LogP contribution in [-0.4, -0.2) is 33.3 Å². The maximum Gasteiger partial charge on any atom is 0.195 e. The van der Waals surface area contributed by atoms with E-state index in [1.54, 1.807) is 14.2 Å². The molecule has 1 rings (SSSR count). The van der Waals surface area contributed by atoms with E-state index in [9.17, 15) is 0 Å². The van der Waals surface area contributed by atoms with Gasteiger partial charge in [-0.1, -0.05) is 13.8 Å². The fraction of sp³-hybridized carbons (Fsp3) is 0.533. The number of benzene rings is 1. The first kappa shape index (κ1) is 16.1. The van der Waals surface area contributed by atoms with Crippen LogP contribution in [0.15, 0.2) is 23.2 Å². The molecule has 1 aromatic carbocycles. The Kier molecular flexibility index (Phi) is 6.70. The summed E-state index contributed by atoms with van der Waals surface area (Å²) in [5, 5.41) is 6.49. The van der Waals surface area contributed by atoms with E-state index < -0.39 is 0 Å². The number of aliphatic imine (C=N–C) groups is 1. The van der Waals surface area contributed by atoms with E-state index in [1.165, 1.54) is 0 Å². The van der Waals surface area contributed by atoms with Crippen molar-refractivity contribution < 1.29 is 9.47 Å². The summed E-state index contributed by atoms with van der Waals surface area (Å²) in [6.07, 6.45) is 0. The van der Waals surface area contributed by atoms with Crippen molar-refractivity contribution >= 4 is 11.6 Å². The number of guanidine groups is 1. The Bertz CT molecular complexity index is 445. The summed E-state index contributed by atoms with van der Waals surface area (Å²) in [6, 6.07) is 5.73. The average Bonchev–Trinajstić information content (AvgIpc) is 2.44. The molecule has 2 N–H and O–H groups in total. The van der Waals surface area contributed by atoms with E-state index >= 15 is 0 Å². The number of methoxy groups -OCH3 is 1. The Hall–Kier alpha value is -1.91. The highest BCUT2D eigenvalue weighted by Gasteiger charge is 2.07. The lowest BCUT2D eigenvalue weighted by molar-refractivity contribution is 0.311. The molecule has 1 aromatic rings. The van der Waals surface area contributed by atoms with Crippen LogP contribution in [0.4, 0.5) is 5.69 Å². The van der Waals surface area contributed by atoms with Gasteiger partial charge in [0.15, 0.2) is 17.5 Å². The largest absolute Gasteiger partial charge is 0.493 e. The fourth-order valence-electron chi connectivity index (χ4n) is 1.64. The summed E-state index contributed by atoms with van der Waals surface area (Å²) in [4.78, 5) is 4.19. The molecule has 0 amide bonds. The molecule has 0 aliphatic rings. The third-order valence-corrected chi connectivity index (χ3v) is 2.63. The maximum atomic E-state index is 5.49. The van der Waals surface area contributed by atoms with Gasteiger partial charge in [-0.25, -0.2) is 0 Å². The zero-order valence-corrected chi connectivity index (χ0v) is 13.0. The Labute approximate surface area is 121 Å². The lowest BCUT2D eigenvalue weighted by Gasteiger charge is -2.15. The monoisotopic (exact) mass is 279 g/mol. The van der Waals surface area contributed by atoms with Gasteiger partial charge in [0.1, 0.15) is 0 Å². The van der Waals surface area contributed by atoms with Crippen molar-refractivity contribution in [2.75, 3.05) is 32.6 Å². The van der Waals surface area contributed by atoms with Crippen molar-refractivity contribution in [2.24, 2.45) is 10.9 Å². The maximum absolute atomic E-state index is 5.49. The summed E-state index contributed by atoms with van der Waals surface area (Å²) >= 11 is 0. The minimum Gasteiger partial charge on any atom is -0.493 e. The number of nitrogens with one attached hydrogen (secondary N) is 2. The molecule has 5 nitrogen and oxygen atoms in total. The predicted molar refractivity (Wildman–Crippen MR) is 84.0 cm³/mol. The van der Waals surface area contributed by atoms with E-state index in [1.807, 2.05) is 25.1 Å². The highest BCUT2D eigenvalue weighted by molar-refractivity contribution is 5.93. The summed E-state index contributed by atoms with van der Waals surface area (Å²) in [5.41, 5.74) is 0.905. The number of hydrogen-bond donors (Lipinski definition) is 2. The second-order valence-corrected chi connectivity index (χ2v) is 4.77. The molecule has 0 aliphatic carbocycles. The summed E-state index contributed by atoms with van der Waals surface area (Å²) in [6.45, 7) is 7.73. The summed E-state index contributed by atoms with van der Waals surface area (Å²) in [7, 11) is 3.38. The fourth-order valence-corrected chi connectivity index (χ4v) is 1.64. The predicted octanol–water partition coefficient (Wildman–Crippen LogP) is 2.74. The number of ether oxygens (including phenoxy) is 2. The highest BCUT2D eigenvalue weighted by Crippen LogP contribution is 2.30. The van der Waals surface area contributed by atoms with Gasteiger partial charge in [0.2, 0.25) is 0 Å². The average molecular weight is 279 g/mol.